The molecule has 0 bridgehead atoms. The first-order chi connectivity index (χ1) is 7.65. The maximum Gasteiger partial charge on any atom is 0.312 e. The molecule has 88 valence electrons. The Labute approximate surface area is 94.5 Å². The van der Waals surface area contributed by atoms with Gasteiger partial charge in [-0.3, -0.25) is 10.6 Å². The van der Waals surface area contributed by atoms with Gasteiger partial charge < -0.3 is 14.9 Å². The van der Waals surface area contributed by atoms with Gasteiger partial charge in [-0.05, 0) is 18.6 Å². The molecule has 0 spiro atoms. The highest BCUT2D eigenvalue weighted by Crippen LogP contribution is 2.32. The molecule has 5 heteroatoms. The van der Waals surface area contributed by atoms with Crippen LogP contribution in [-0.4, -0.2) is 20.2 Å². The minimum Gasteiger partial charge on any atom is -0.495 e. The van der Waals surface area contributed by atoms with Crippen LogP contribution < -0.4 is 16.0 Å². The summed E-state index contributed by atoms with van der Waals surface area (Å²) >= 11 is 0. The Morgan fingerprint density at radius 3 is 2.62 bits per heavy atom. The molecule has 1 aromatic rings. The molecule has 1 rings (SSSR count). The Morgan fingerprint density at radius 1 is 1.44 bits per heavy atom. The van der Waals surface area contributed by atoms with E-state index in [4.69, 9.17) is 15.3 Å². The summed E-state index contributed by atoms with van der Waals surface area (Å²) in [5.74, 6) is 5.31. The summed E-state index contributed by atoms with van der Waals surface area (Å²) in [7, 11) is 2.90. The van der Waals surface area contributed by atoms with E-state index in [1.54, 1.807) is 32.2 Å². The van der Waals surface area contributed by atoms with Crippen molar-refractivity contribution in [1.29, 1.82) is 0 Å². The standard InChI is InChI=1S/C11H16N2O3/c1-7(11(14)16-3)8-5-4-6-9(15-2)10(8)13-12/h4-7,13H,12H2,1-3H3. The van der Waals surface area contributed by atoms with Crippen LogP contribution in [0.25, 0.3) is 0 Å². The first-order valence-corrected chi connectivity index (χ1v) is 4.87. The number of ether oxygens (including phenoxy) is 2. The maximum absolute atomic E-state index is 11.4. The highest BCUT2D eigenvalue weighted by atomic mass is 16.5. The van der Waals surface area contributed by atoms with E-state index in [2.05, 4.69) is 5.43 Å². The van der Waals surface area contributed by atoms with Crippen LogP contribution in [0.2, 0.25) is 0 Å². The summed E-state index contributed by atoms with van der Waals surface area (Å²) in [6, 6.07) is 5.37. The summed E-state index contributed by atoms with van der Waals surface area (Å²) in [6.07, 6.45) is 0. The molecule has 3 N–H and O–H groups in total. The third kappa shape index (κ3) is 2.25. The number of nitrogen functional groups attached to an aromatic ring is 1. The van der Waals surface area contributed by atoms with Gasteiger partial charge in [-0.2, -0.15) is 0 Å². The van der Waals surface area contributed by atoms with E-state index >= 15 is 0 Å². The quantitative estimate of drug-likeness (QED) is 0.457. The second-order valence-corrected chi connectivity index (χ2v) is 3.31. The van der Waals surface area contributed by atoms with Crippen molar-refractivity contribution >= 4 is 11.7 Å². The largest absolute Gasteiger partial charge is 0.495 e. The average Bonchev–Trinajstić information content (AvgIpc) is 2.35. The molecule has 0 saturated heterocycles. The van der Waals surface area contributed by atoms with Crippen LogP contribution in [0.1, 0.15) is 18.4 Å². The molecule has 1 unspecified atom stereocenters. The second kappa shape index (κ2) is 5.37. The fourth-order valence-electron chi connectivity index (χ4n) is 1.54. The monoisotopic (exact) mass is 224 g/mol. The van der Waals surface area contributed by atoms with E-state index in [1.807, 2.05) is 0 Å². The van der Waals surface area contributed by atoms with Crippen molar-refractivity contribution in [1.82, 2.24) is 0 Å². The second-order valence-electron chi connectivity index (χ2n) is 3.31. The Morgan fingerprint density at radius 2 is 2.12 bits per heavy atom. The number of rotatable bonds is 4. The molecule has 0 saturated carbocycles. The summed E-state index contributed by atoms with van der Waals surface area (Å²) < 4.78 is 9.84. The molecule has 0 heterocycles. The van der Waals surface area contributed by atoms with Gasteiger partial charge in [0.15, 0.2) is 0 Å². The van der Waals surface area contributed by atoms with Gasteiger partial charge >= 0.3 is 5.97 Å². The Balaban J connectivity index is 3.17. The summed E-state index contributed by atoms with van der Waals surface area (Å²) in [5, 5.41) is 0. The number of anilines is 1. The van der Waals surface area contributed by atoms with Gasteiger partial charge in [0.05, 0.1) is 25.8 Å². The lowest BCUT2D eigenvalue weighted by Gasteiger charge is -2.16. The van der Waals surface area contributed by atoms with Crippen molar-refractivity contribution in [3.63, 3.8) is 0 Å². The van der Waals surface area contributed by atoms with Gasteiger partial charge in [-0.15, -0.1) is 0 Å². The first-order valence-electron chi connectivity index (χ1n) is 4.87. The smallest absolute Gasteiger partial charge is 0.312 e. The topological polar surface area (TPSA) is 73.6 Å². The first kappa shape index (κ1) is 12.3. The van der Waals surface area contributed by atoms with E-state index in [1.165, 1.54) is 7.11 Å². The van der Waals surface area contributed by atoms with Crippen molar-refractivity contribution in [2.45, 2.75) is 12.8 Å². The fourth-order valence-corrected chi connectivity index (χ4v) is 1.54. The van der Waals surface area contributed by atoms with Gasteiger partial charge in [0, 0.05) is 0 Å². The SMILES string of the molecule is COC(=O)C(C)c1cccc(OC)c1NN. The number of hydrogen-bond acceptors (Lipinski definition) is 5. The van der Waals surface area contributed by atoms with E-state index < -0.39 is 5.92 Å². The van der Waals surface area contributed by atoms with E-state index in [0.29, 0.717) is 11.4 Å². The van der Waals surface area contributed by atoms with Crippen molar-refractivity contribution in [3.8, 4) is 5.75 Å². The predicted octanol–water partition coefficient (Wildman–Crippen LogP) is 1.26. The summed E-state index contributed by atoms with van der Waals surface area (Å²) in [4.78, 5) is 11.4. The van der Waals surface area contributed by atoms with Crippen molar-refractivity contribution in [2.75, 3.05) is 19.6 Å². The molecule has 0 radical (unpaired) electrons. The van der Waals surface area contributed by atoms with Crippen molar-refractivity contribution in [2.24, 2.45) is 5.84 Å². The number of esters is 1. The average molecular weight is 224 g/mol. The van der Waals surface area contributed by atoms with Crippen LogP contribution >= 0.6 is 0 Å². The molecular formula is C11H16N2O3. The number of methoxy groups -OCH3 is 2. The molecular weight excluding hydrogens is 208 g/mol. The number of nitrogens with two attached hydrogens (primary N) is 1. The minimum absolute atomic E-state index is 0.315. The molecule has 16 heavy (non-hydrogen) atoms. The third-order valence-electron chi connectivity index (χ3n) is 2.44. The van der Waals surface area contributed by atoms with Crippen LogP contribution in [-0.2, 0) is 9.53 Å². The number of nitrogens with one attached hydrogen (secondary N) is 1. The molecule has 1 aromatic carbocycles. The zero-order valence-electron chi connectivity index (χ0n) is 9.61. The van der Waals surface area contributed by atoms with Crippen LogP contribution in [0, 0.1) is 0 Å². The van der Waals surface area contributed by atoms with Crippen LogP contribution in [0.15, 0.2) is 18.2 Å². The van der Waals surface area contributed by atoms with Gasteiger partial charge in [-0.1, -0.05) is 12.1 Å². The number of hydrazine groups is 1. The van der Waals surface area contributed by atoms with Gasteiger partial charge in [0.25, 0.3) is 0 Å². The molecule has 0 aliphatic carbocycles. The molecule has 1 atom stereocenters. The number of hydrogen-bond donors (Lipinski definition) is 2. The van der Waals surface area contributed by atoms with E-state index in [9.17, 15) is 4.79 Å². The molecule has 0 fully saturated rings. The van der Waals surface area contributed by atoms with Crippen molar-refractivity contribution < 1.29 is 14.3 Å². The fraction of sp³-hybridized carbons (Fsp3) is 0.364. The lowest BCUT2D eigenvalue weighted by molar-refractivity contribution is -0.141. The number of para-hydroxylation sites is 1. The van der Waals surface area contributed by atoms with Gasteiger partial charge in [0.2, 0.25) is 0 Å². The zero-order valence-corrected chi connectivity index (χ0v) is 9.61. The summed E-state index contributed by atoms with van der Waals surface area (Å²) in [6.45, 7) is 1.75. The molecule has 0 aliphatic rings. The molecule has 0 aliphatic heterocycles. The third-order valence-corrected chi connectivity index (χ3v) is 2.44. The van der Waals surface area contributed by atoms with Crippen molar-refractivity contribution in [3.05, 3.63) is 23.8 Å². The lowest BCUT2D eigenvalue weighted by Crippen LogP contribution is -2.16. The van der Waals surface area contributed by atoms with Gasteiger partial charge in [-0.25, -0.2) is 0 Å². The van der Waals surface area contributed by atoms with Crippen LogP contribution in [0.4, 0.5) is 5.69 Å². The Kier molecular flexibility index (Phi) is 4.13. The number of carbonyl (C=O) groups is 1. The number of carbonyl (C=O) groups excluding carboxylic acids is 1. The highest BCUT2D eigenvalue weighted by molar-refractivity contribution is 5.81. The number of benzene rings is 1. The highest BCUT2D eigenvalue weighted by Gasteiger charge is 2.20. The van der Waals surface area contributed by atoms with E-state index in [0.717, 1.165) is 5.56 Å². The lowest BCUT2D eigenvalue weighted by atomic mass is 9.99. The maximum atomic E-state index is 11.4. The molecule has 0 amide bonds. The normalized spacial score (nSPS) is 11.8. The van der Waals surface area contributed by atoms with Crippen LogP contribution in [0.5, 0.6) is 5.75 Å². The minimum atomic E-state index is -0.397. The summed E-state index contributed by atoms with van der Waals surface area (Å²) in [5.41, 5.74) is 3.89. The van der Waals surface area contributed by atoms with Crippen LogP contribution in [0.3, 0.4) is 0 Å². The molecule has 5 nitrogen and oxygen atoms in total. The predicted molar refractivity (Wildman–Crippen MR) is 61.2 cm³/mol. The van der Waals surface area contributed by atoms with E-state index in [-0.39, 0.29) is 5.97 Å². The Bertz CT molecular complexity index is 379. The molecule has 0 aromatic heterocycles. The Hall–Kier alpha value is -1.75. The zero-order chi connectivity index (χ0) is 12.1. The van der Waals surface area contributed by atoms with Gasteiger partial charge in [0.1, 0.15) is 5.75 Å².